The smallest absolute Gasteiger partial charge is 0.127 e. The van der Waals surface area contributed by atoms with Crippen molar-refractivity contribution in [1.29, 1.82) is 0 Å². The minimum Gasteiger partial charge on any atom is -0.349 e. The van der Waals surface area contributed by atoms with E-state index in [1.54, 1.807) is 17.5 Å². The van der Waals surface area contributed by atoms with Crippen LogP contribution in [0.5, 0.6) is 0 Å². The number of nitrogens with one attached hydrogen (secondary N) is 1. The highest BCUT2D eigenvalue weighted by molar-refractivity contribution is 7.98. The Morgan fingerprint density at radius 3 is 3.05 bits per heavy atom. The number of hydrogen-bond donors (Lipinski definition) is 1. The van der Waals surface area contributed by atoms with E-state index < -0.39 is 0 Å². The molecule has 0 bridgehead atoms. The number of pyridine rings is 1. The van der Waals surface area contributed by atoms with Crippen molar-refractivity contribution in [2.24, 2.45) is 0 Å². The van der Waals surface area contributed by atoms with Gasteiger partial charge in [0.05, 0.1) is 0 Å². The molecule has 3 aromatic rings. The second kappa shape index (κ2) is 5.35. The van der Waals surface area contributed by atoms with Crippen molar-refractivity contribution in [3.63, 3.8) is 0 Å². The predicted octanol–water partition coefficient (Wildman–Crippen LogP) is 4.15. The molecule has 0 aliphatic heterocycles. The third-order valence-corrected chi connectivity index (χ3v) is 4.93. The lowest BCUT2D eigenvalue weighted by Gasteiger charge is -2.06. The molecule has 0 saturated heterocycles. The highest BCUT2D eigenvalue weighted by Gasteiger charge is 2.13. The molecule has 0 spiro atoms. The van der Waals surface area contributed by atoms with Crippen molar-refractivity contribution < 1.29 is 0 Å². The zero-order chi connectivity index (χ0) is 13.2. The molecule has 0 aliphatic rings. The molecule has 5 heteroatoms. The molecule has 98 valence electrons. The van der Waals surface area contributed by atoms with Crippen LogP contribution in [-0.4, -0.2) is 27.0 Å². The fourth-order valence-electron chi connectivity index (χ4n) is 2.05. The van der Waals surface area contributed by atoms with Gasteiger partial charge >= 0.3 is 0 Å². The van der Waals surface area contributed by atoms with Gasteiger partial charge < -0.3 is 4.98 Å². The molecule has 1 N–H and O–H groups in total. The van der Waals surface area contributed by atoms with Gasteiger partial charge in [-0.3, -0.25) is 4.98 Å². The molecule has 3 heterocycles. The Balaban J connectivity index is 1.94. The molecule has 3 rings (SSSR count). The molecule has 0 saturated carbocycles. The molecule has 3 aromatic heterocycles. The Morgan fingerprint density at radius 2 is 2.37 bits per heavy atom. The SMILES string of the molecule is CSCC(C)c1cc2nc(-c3cccnc3)sc2[nH]1. The fraction of sp³-hybridized carbons (Fsp3) is 0.286. The highest BCUT2D eigenvalue weighted by atomic mass is 32.2. The van der Waals surface area contributed by atoms with Crippen LogP contribution >= 0.6 is 23.1 Å². The normalized spacial score (nSPS) is 12.9. The minimum atomic E-state index is 0.540. The summed E-state index contributed by atoms with van der Waals surface area (Å²) in [6.45, 7) is 2.24. The van der Waals surface area contributed by atoms with Gasteiger partial charge in [-0.1, -0.05) is 18.3 Å². The van der Waals surface area contributed by atoms with Crippen LogP contribution in [0.4, 0.5) is 0 Å². The molecule has 1 atom stereocenters. The van der Waals surface area contributed by atoms with Crippen LogP contribution in [0.2, 0.25) is 0 Å². The van der Waals surface area contributed by atoms with Gasteiger partial charge in [0, 0.05) is 35.3 Å². The summed E-state index contributed by atoms with van der Waals surface area (Å²) in [5, 5.41) is 1.03. The van der Waals surface area contributed by atoms with Gasteiger partial charge in [-0.05, 0) is 24.5 Å². The maximum absolute atomic E-state index is 4.69. The lowest BCUT2D eigenvalue weighted by molar-refractivity contribution is 0.851. The first-order valence-electron chi connectivity index (χ1n) is 6.16. The summed E-state index contributed by atoms with van der Waals surface area (Å²) in [4.78, 5) is 13.5. The maximum Gasteiger partial charge on any atom is 0.127 e. The zero-order valence-corrected chi connectivity index (χ0v) is 12.5. The van der Waals surface area contributed by atoms with E-state index in [1.807, 2.05) is 30.1 Å². The van der Waals surface area contributed by atoms with Gasteiger partial charge in [-0.25, -0.2) is 4.98 Å². The lowest BCUT2D eigenvalue weighted by atomic mass is 10.1. The van der Waals surface area contributed by atoms with E-state index in [-0.39, 0.29) is 0 Å². The van der Waals surface area contributed by atoms with Crippen molar-refractivity contribution in [2.45, 2.75) is 12.8 Å². The van der Waals surface area contributed by atoms with Gasteiger partial charge in [0.1, 0.15) is 15.4 Å². The van der Waals surface area contributed by atoms with Gasteiger partial charge in [-0.2, -0.15) is 11.8 Å². The van der Waals surface area contributed by atoms with E-state index in [2.05, 4.69) is 34.2 Å². The van der Waals surface area contributed by atoms with Crippen LogP contribution in [0.1, 0.15) is 18.5 Å². The van der Waals surface area contributed by atoms with E-state index in [9.17, 15) is 0 Å². The summed E-state index contributed by atoms with van der Waals surface area (Å²) in [6.07, 6.45) is 5.78. The number of H-pyrrole nitrogens is 1. The predicted molar refractivity (Wildman–Crippen MR) is 84.0 cm³/mol. The lowest BCUT2D eigenvalue weighted by Crippen LogP contribution is -1.95. The number of thioether (sulfide) groups is 1. The Bertz CT molecular complexity index is 641. The average Bonchev–Trinajstić information content (AvgIpc) is 2.98. The molecule has 0 aliphatic carbocycles. The molecular formula is C14H15N3S2. The zero-order valence-electron chi connectivity index (χ0n) is 10.9. The number of thiazole rings is 1. The van der Waals surface area contributed by atoms with E-state index in [0.29, 0.717) is 5.92 Å². The van der Waals surface area contributed by atoms with Crippen molar-refractivity contribution >= 4 is 33.4 Å². The fourth-order valence-corrected chi connectivity index (χ4v) is 3.69. The number of aromatic amines is 1. The third-order valence-electron chi connectivity index (χ3n) is 3.06. The van der Waals surface area contributed by atoms with Crippen LogP contribution in [0.15, 0.2) is 30.6 Å². The first-order valence-corrected chi connectivity index (χ1v) is 8.37. The molecule has 0 fully saturated rings. The summed E-state index contributed by atoms with van der Waals surface area (Å²) in [5.41, 5.74) is 3.42. The number of nitrogens with zero attached hydrogens (tertiary/aromatic N) is 2. The van der Waals surface area contributed by atoms with Crippen LogP contribution in [0, 0.1) is 0 Å². The minimum absolute atomic E-state index is 0.540. The van der Waals surface area contributed by atoms with Crippen LogP contribution in [0.3, 0.4) is 0 Å². The van der Waals surface area contributed by atoms with Crippen LogP contribution in [0.25, 0.3) is 20.9 Å². The van der Waals surface area contributed by atoms with Crippen LogP contribution < -0.4 is 0 Å². The summed E-state index contributed by atoms with van der Waals surface area (Å²) in [7, 11) is 0. The van der Waals surface area contributed by atoms with E-state index >= 15 is 0 Å². The average molecular weight is 289 g/mol. The standard InChI is InChI=1S/C14H15N3S2/c1-9(8-18-2)11-6-12-14(16-11)19-13(17-12)10-4-3-5-15-7-10/h3-7,9,16H,8H2,1-2H3. The quantitative estimate of drug-likeness (QED) is 0.784. The van der Waals surface area contributed by atoms with Crippen LogP contribution in [-0.2, 0) is 0 Å². The van der Waals surface area contributed by atoms with Crippen molar-refractivity contribution in [1.82, 2.24) is 15.0 Å². The van der Waals surface area contributed by atoms with E-state index in [4.69, 9.17) is 0 Å². The van der Waals surface area contributed by atoms with E-state index in [0.717, 1.165) is 26.7 Å². The second-order valence-electron chi connectivity index (χ2n) is 4.56. The van der Waals surface area contributed by atoms with Gasteiger partial charge in [0.15, 0.2) is 0 Å². The second-order valence-corrected chi connectivity index (χ2v) is 6.47. The van der Waals surface area contributed by atoms with Gasteiger partial charge in [-0.15, -0.1) is 0 Å². The largest absolute Gasteiger partial charge is 0.349 e. The van der Waals surface area contributed by atoms with Crippen molar-refractivity contribution in [3.05, 3.63) is 36.3 Å². The molecule has 0 radical (unpaired) electrons. The maximum atomic E-state index is 4.69. The molecular weight excluding hydrogens is 274 g/mol. The van der Waals surface area contributed by atoms with Gasteiger partial charge in [0.2, 0.25) is 0 Å². The monoisotopic (exact) mass is 289 g/mol. The molecule has 3 nitrogen and oxygen atoms in total. The number of hydrogen-bond acceptors (Lipinski definition) is 4. The summed E-state index contributed by atoms with van der Waals surface area (Å²) >= 11 is 3.57. The number of aromatic nitrogens is 3. The Kier molecular flexibility index (Phi) is 3.57. The molecule has 1 unspecified atom stereocenters. The topological polar surface area (TPSA) is 41.6 Å². The molecule has 0 amide bonds. The first-order chi connectivity index (χ1) is 9.28. The Morgan fingerprint density at radius 1 is 1.47 bits per heavy atom. The summed E-state index contributed by atoms with van der Waals surface area (Å²) < 4.78 is 0. The first kappa shape index (κ1) is 12.7. The van der Waals surface area contributed by atoms with E-state index in [1.165, 1.54) is 5.69 Å². The summed E-state index contributed by atoms with van der Waals surface area (Å²) in [5.74, 6) is 1.67. The number of fused-ring (bicyclic) bond motifs is 1. The molecule has 0 aromatic carbocycles. The molecule has 19 heavy (non-hydrogen) atoms. The Hall–Kier alpha value is -1.33. The summed E-state index contributed by atoms with van der Waals surface area (Å²) in [6, 6.07) is 6.16. The van der Waals surface area contributed by atoms with Gasteiger partial charge in [0.25, 0.3) is 0 Å². The van der Waals surface area contributed by atoms with Crippen molar-refractivity contribution in [3.8, 4) is 10.6 Å². The van der Waals surface area contributed by atoms with Crippen molar-refractivity contribution in [2.75, 3.05) is 12.0 Å². The number of rotatable bonds is 4. The Labute approximate surface area is 120 Å². The highest BCUT2D eigenvalue weighted by Crippen LogP contribution is 2.31. The third kappa shape index (κ3) is 2.53.